The van der Waals surface area contributed by atoms with Gasteiger partial charge in [-0.05, 0) is 30.0 Å². The van der Waals surface area contributed by atoms with Crippen LogP contribution in [0.25, 0.3) is 33.1 Å². The molecule has 1 heterocycles. The number of allylic oxidation sites excluding steroid dienone is 5. The van der Waals surface area contributed by atoms with Crippen LogP contribution in [0.3, 0.4) is 0 Å². The van der Waals surface area contributed by atoms with Gasteiger partial charge in [0, 0.05) is 16.3 Å². The van der Waals surface area contributed by atoms with Gasteiger partial charge in [0.25, 0.3) is 0 Å². The zero-order chi connectivity index (χ0) is 38.1. The first-order chi connectivity index (χ1) is 26.2. The van der Waals surface area contributed by atoms with E-state index in [1.165, 1.54) is 33.4 Å². The van der Waals surface area contributed by atoms with Crippen molar-refractivity contribution in [3.63, 3.8) is 0 Å². The van der Waals surface area contributed by atoms with Crippen molar-refractivity contribution in [1.82, 2.24) is 0 Å². The summed E-state index contributed by atoms with van der Waals surface area (Å²) in [6, 6.07) is 49.9. The standard InChI is InChI=1S/C23H22.C20H15N3O.C7H8.K/c1-5-9-17(10-6-2)15-18-13-14-20-19-11-7-8-12-21(19)23(3,4)22(20)16-18;21-19(13-7-2-1-3-8-13)23-20(22)16-11-6-10-15-14-9-4-5-12-17(14)24-18(15)16;1-7-5-3-2-4-6-7;/h5-9,11-12,14,16H,1,15H2,2-4H3;1-12H,(H3,21,22,23);2-6H,1H3;/q-2;;;+1/b17-9+;;;. The molecule has 55 heavy (non-hydrogen) atoms. The van der Waals surface area contributed by atoms with Gasteiger partial charge in [0.1, 0.15) is 17.0 Å². The van der Waals surface area contributed by atoms with Gasteiger partial charge in [-0.25, -0.2) is 16.6 Å². The topological polar surface area (TPSA) is 75.4 Å². The van der Waals surface area contributed by atoms with Crippen molar-refractivity contribution in [3.8, 4) is 11.1 Å². The van der Waals surface area contributed by atoms with Gasteiger partial charge in [-0.15, -0.1) is 17.7 Å². The molecule has 5 heteroatoms. The van der Waals surface area contributed by atoms with Gasteiger partial charge in [-0.3, -0.25) is 11.5 Å². The number of nitrogens with zero attached hydrogens (tertiary/aromatic N) is 1. The number of hydrogen-bond acceptors (Lipinski definition) is 2. The molecule has 0 saturated heterocycles. The predicted octanol–water partition coefficient (Wildman–Crippen LogP) is 9.14. The fraction of sp³-hybridized carbons (Fsp3) is 0.120. The number of furan rings is 1. The summed E-state index contributed by atoms with van der Waals surface area (Å²) in [5, 5.41) is 10.2. The number of hydrogen-bond donors (Lipinski definition) is 2. The maximum Gasteiger partial charge on any atom is 1.00 e. The summed E-state index contributed by atoms with van der Waals surface area (Å²) in [4.78, 5) is 4.26. The Hall–Kier alpha value is -4.88. The first kappa shape index (κ1) is 41.3. The summed E-state index contributed by atoms with van der Waals surface area (Å²) in [5.74, 6) is 0.398. The molecule has 0 saturated carbocycles. The van der Waals surface area contributed by atoms with Gasteiger partial charge in [0.2, 0.25) is 0 Å². The van der Waals surface area contributed by atoms with Crippen molar-refractivity contribution >= 4 is 33.6 Å². The summed E-state index contributed by atoms with van der Waals surface area (Å²) < 4.78 is 5.96. The van der Waals surface area contributed by atoms with E-state index in [4.69, 9.17) is 15.6 Å². The number of amidine groups is 2. The summed E-state index contributed by atoms with van der Waals surface area (Å²) in [7, 11) is 0. The van der Waals surface area contributed by atoms with Crippen LogP contribution < -0.4 is 57.1 Å². The number of aliphatic imine (C=N–C) groups is 1. The van der Waals surface area contributed by atoms with E-state index in [0.29, 0.717) is 11.1 Å². The van der Waals surface area contributed by atoms with E-state index in [9.17, 15) is 0 Å². The molecule has 0 spiro atoms. The predicted molar refractivity (Wildman–Crippen MR) is 227 cm³/mol. The Kier molecular flexibility index (Phi) is 14.4. The van der Waals surface area contributed by atoms with Crippen molar-refractivity contribution in [1.29, 1.82) is 5.41 Å². The van der Waals surface area contributed by atoms with Crippen LogP contribution in [0.5, 0.6) is 0 Å². The molecule has 0 aliphatic heterocycles. The number of para-hydroxylation sites is 2. The molecule has 0 bridgehead atoms. The van der Waals surface area contributed by atoms with Crippen LogP contribution in [0.15, 0.2) is 179 Å². The van der Waals surface area contributed by atoms with E-state index in [1.54, 1.807) is 0 Å². The molecular weight excluding hydrogens is 698 g/mol. The molecule has 8 rings (SSSR count). The fourth-order valence-electron chi connectivity index (χ4n) is 6.80. The Morgan fingerprint density at radius 3 is 2.18 bits per heavy atom. The molecule has 0 unspecified atom stereocenters. The average Bonchev–Trinajstić information content (AvgIpc) is 3.68. The van der Waals surface area contributed by atoms with Gasteiger partial charge >= 0.3 is 51.4 Å². The number of benzene rings is 6. The van der Waals surface area contributed by atoms with Crippen molar-refractivity contribution in [2.24, 2.45) is 10.7 Å². The van der Waals surface area contributed by atoms with E-state index in [0.717, 1.165) is 33.9 Å². The van der Waals surface area contributed by atoms with Crippen LogP contribution in [0, 0.1) is 24.5 Å². The van der Waals surface area contributed by atoms with Gasteiger partial charge < -0.3 is 10.2 Å². The zero-order valence-electron chi connectivity index (χ0n) is 32.4. The van der Waals surface area contributed by atoms with Gasteiger partial charge in [0.15, 0.2) is 5.84 Å². The summed E-state index contributed by atoms with van der Waals surface area (Å²) in [6.07, 6.45) is 9.89. The third-order valence-electron chi connectivity index (χ3n) is 9.50. The Morgan fingerprint density at radius 1 is 0.836 bits per heavy atom. The summed E-state index contributed by atoms with van der Waals surface area (Å²) in [5.41, 5.74) is 18.3. The first-order valence-corrected chi connectivity index (χ1v) is 18.1. The second-order valence-corrected chi connectivity index (χ2v) is 13.6. The Bertz CT molecular complexity index is 2510. The molecule has 0 radical (unpaired) electrons. The van der Waals surface area contributed by atoms with E-state index in [-0.39, 0.29) is 68.5 Å². The van der Waals surface area contributed by atoms with E-state index < -0.39 is 0 Å². The van der Waals surface area contributed by atoms with Crippen LogP contribution in [0.4, 0.5) is 0 Å². The average molecular weight is 743 g/mol. The molecule has 4 nitrogen and oxygen atoms in total. The number of fused-ring (bicyclic) bond motifs is 6. The molecule has 0 atom stereocenters. The summed E-state index contributed by atoms with van der Waals surface area (Å²) in [6.45, 7) is 12.5. The molecule has 1 aliphatic carbocycles. The Balaban J connectivity index is 0.000000177. The molecule has 0 amide bonds. The molecule has 3 N–H and O–H groups in total. The number of aryl methyl sites for hydroxylation is 1. The Morgan fingerprint density at radius 2 is 1.49 bits per heavy atom. The van der Waals surface area contributed by atoms with Gasteiger partial charge in [0.05, 0.1) is 5.56 Å². The molecular formula is C50H45KN3O-. The minimum atomic E-state index is 0. The van der Waals surface area contributed by atoms with Crippen LogP contribution in [-0.4, -0.2) is 11.7 Å². The second-order valence-electron chi connectivity index (χ2n) is 13.6. The number of nitrogens with two attached hydrogens (primary N) is 1. The molecule has 0 fully saturated rings. The van der Waals surface area contributed by atoms with E-state index in [1.807, 2.05) is 116 Å². The van der Waals surface area contributed by atoms with Crippen LogP contribution in [-0.2, 0) is 11.8 Å². The minimum absolute atomic E-state index is 0. The smallest absolute Gasteiger partial charge is 0.455 e. The van der Waals surface area contributed by atoms with Crippen LogP contribution in [0.1, 0.15) is 54.2 Å². The zero-order valence-corrected chi connectivity index (χ0v) is 35.5. The normalized spacial score (nSPS) is 12.8. The molecule has 7 aromatic rings. The second kappa shape index (κ2) is 19.1. The van der Waals surface area contributed by atoms with Crippen molar-refractivity contribution in [3.05, 3.63) is 215 Å². The first-order valence-electron chi connectivity index (χ1n) is 18.1. The Labute approximate surface area is 368 Å². The maximum atomic E-state index is 8.13. The van der Waals surface area contributed by atoms with Crippen molar-refractivity contribution in [2.75, 3.05) is 0 Å². The molecule has 268 valence electrons. The van der Waals surface area contributed by atoms with Gasteiger partial charge in [-0.1, -0.05) is 154 Å². The maximum absolute atomic E-state index is 8.13. The molecule has 1 aromatic heterocycles. The van der Waals surface area contributed by atoms with Crippen LogP contribution >= 0.6 is 0 Å². The third kappa shape index (κ3) is 9.68. The van der Waals surface area contributed by atoms with Crippen LogP contribution in [0.2, 0.25) is 0 Å². The summed E-state index contributed by atoms with van der Waals surface area (Å²) >= 11 is 0. The minimum Gasteiger partial charge on any atom is -0.455 e. The molecule has 1 aliphatic rings. The SMILES string of the molecule is C=C/C=C(\[C-]=CC)Cc1[c-]cc2c(c1)C(C)(C)c1ccccc1-2.Cc1ccccc1.N=C(N=C(N)c1cccc2c1oc1ccccc12)c1ccccc1.[K+]. The van der Waals surface area contributed by atoms with E-state index in [2.05, 4.69) is 93.0 Å². The molecule has 6 aromatic carbocycles. The van der Waals surface area contributed by atoms with Crippen molar-refractivity contribution < 1.29 is 55.8 Å². The number of rotatable bonds is 6. The third-order valence-corrected chi connectivity index (χ3v) is 9.50. The largest absolute Gasteiger partial charge is 1.00 e. The fourth-order valence-corrected chi connectivity index (χ4v) is 6.80. The quantitative estimate of drug-likeness (QED) is 0.0587. The monoisotopic (exact) mass is 742 g/mol. The van der Waals surface area contributed by atoms with E-state index >= 15 is 0 Å². The number of nitrogens with one attached hydrogen (secondary N) is 1. The van der Waals surface area contributed by atoms with Gasteiger partial charge in [-0.2, -0.15) is 35.9 Å². The van der Waals surface area contributed by atoms with Crippen molar-refractivity contribution in [2.45, 2.75) is 39.5 Å².